The van der Waals surface area contributed by atoms with Crippen LogP contribution in [0.15, 0.2) is 48.5 Å². The van der Waals surface area contributed by atoms with E-state index in [1.54, 1.807) is 6.07 Å². The smallest absolute Gasteiger partial charge is 0.146 e. The molecule has 2 aromatic rings. The van der Waals surface area contributed by atoms with Gasteiger partial charge in [-0.25, -0.2) is 4.39 Å². The molecule has 3 nitrogen and oxygen atoms in total. The summed E-state index contributed by atoms with van der Waals surface area (Å²) in [5, 5.41) is 3.08. The van der Waals surface area contributed by atoms with Crippen LogP contribution in [0.2, 0.25) is 0 Å². The first kappa shape index (κ1) is 16.3. The van der Waals surface area contributed by atoms with Crippen LogP contribution in [0.4, 0.5) is 15.8 Å². The molecule has 118 valence electrons. The number of benzene rings is 2. The van der Waals surface area contributed by atoms with Gasteiger partial charge in [0.2, 0.25) is 0 Å². The fraction of sp³-hybridized carbons (Fsp3) is 0.333. The monoisotopic (exact) mass is 301 g/mol. The minimum Gasteiger partial charge on any atom is -0.371 e. The van der Waals surface area contributed by atoms with Crippen molar-refractivity contribution in [1.82, 2.24) is 5.32 Å². The number of likely N-dealkylation sites (N-methyl/N-ethyl adjacent to an activating group) is 2. The Labute approximate surface area is 132 Å². The molecule has 0 fully saturated rings. The first-order valence-electron chi connectivity index (χ1n) is 7.52. The predicted octanol–water partition coefficient (Wildman–Crippen LogP) is 3.12. The van der Waals surface area contributed by atoms with E-state index in [9.17, 15) is 4.39 Å². The van der Waals surface area contributed by atoms with E-state index in [1.807, 2.05) is 56.4 Å². The van der Waals surface area contributed by atoms with Crippen LogP contribution in [-0.2, 0) is 6.54 Å². The molecule has 0 atom stereocenters. The zero-order valence-corrected chi connectivity index (χ0v) is 13.5. The van der Waals surface area contributed by atoms with Gasteiger partial charge in [-0.2, -0.15) is 0 Å². The Morgan fingerprint density at radius 1 is 1.00 bits per heavy atom. The van der Waals surface area contributed by atoms with E-state index in [0.717, 1.165) is 30.9 Å². The molecule has 0 bridgehead atoms. The molecule has 0 spiro atoms. The number of hydrogen-bond acceptors (Lipinski definition) is 3. The second-order valence-electron chi connectivity index (χ2n) is 5.50. The highest BCUT2D eigenvalue weighted by Gasteiger charge is 2.10. The van der Waals surface area contributed by atoms with E-state index >= 15 is 0 Å². The van der Waals surface area contributed by atoms with E-state index in [0.29, 0.717) is 5.69 Å². The molecular formula is C18H24FN3. The van der Waals surface area contributed by atoms with Crippen LogP contribution in [-0.4, -0.2) is 34.2 Å². The van der Waals surface area contributed by atoms with Gasteiger partial charge >= 0.3 is 0 Å². The minimum absolute atomic E-state index is 0.176. The van der Waals surface area contributed by atoms with Gasteiger partial charge in [0.05, 0.1) is 5.69 Å². The highest BCUT2D eigenvalue weighted by molar-refractivity contribution is 5.51. The van der Waals surface area contributed by atoms with Crippen molar-refractivity contribution in [2.24, 2.45) is 0 Å². The number of nitrogens with one attached hydrogen (secondary N) is 1. The van der Waals surface area contributed by atoms with E-state index in [-0.39, 0.29) is 5.82 Å². The lowest BCUT2D eigenvalue weighted by Gasteiger charge is -2.23. The number of nitrogens with zero attached hydrogens (tertiary/aromatic N) is 2. The number of hydrogen-bond donors (Lipinski definition) is 1. The highest BCUT2D eigenvalue weighted by Crippen LogP contribution is 2.22. The van der Waals surface area contributed by atoms with Crippen LogP contribution in [0.25, 0.3) is 0 Å². The number of halogens is 1. The molecule has 0 aliphatic heterocycles. The number of para-hydroxylation sites is 1. The van der Waals surface area contributed by atoms with Crippen LogP contribution in [0.5, 0.6) is 0 Å². The maximum absolute atomic E-state index is 14.0. The maximum Gasteiger partial charge on any atom is 0.146 e. The van der Waals surface area contributed by atoms with Gasteiger partial charge in [-0.05, 0) is 36.9 Å². The molecule has 4 heteroatoms. The van der Waals surface area contributed by atoms with Crippen molar-refractivity contribution >= 4 is 11.4 Å². The highest BCUT2D eigenvalue weighted by atomic mass is 19.1. The lowest BCUT2D eigenvalue weighted by Crippen LogP contribution is -2.28. The first-order chi connectivity index (χ1) is 10.6. The van der Waals surface area contributed by atoms with Gasteiger partial charge in [0, 0.05) is 39.4 Å². The van der Waals surface area contributed by atoms with Gasteiger partial charge in [0.1, 0.15) is 5.82 Å². The molecule has 0 unspecified atom stereocenters. The summed E-state index contributed by atoms with van der Waals surface area (Å²) in [5.74, 6) is -0.176. The fourth-order valence-corrected chi connectivity index (χ4v) is 2.40. The molecule has 22 heavy (non-hydrogen) atoms. The molecule has 0 radical (unpaired) electrons. The normalized spacial score (nSPS) is 10.5. The summed E-state index contributed by atoms with van der Waals surface area (Å²) in [7, 11) is 5.86. The third-order valence-electron chi connectivity index (χ3n) is 3.74. The van der Waals surface area contributed by atoms with Crippen molar-refractivity contribution in [3.05, 3.63) is 59.9 Å². The van der Waals surface area contributed by atoms with Crippen molar-refractivity contribution in [3.8, 4) is 0 Å². The molecule has 0 aliphatic carbocycles. The standard InChI is InChI=1S/C18H24FN3/c1-20-11-12-21(2)18-13-15(9-10-17(18)19)14-22(3)16-7-5-4-6-8-16/h4-10,13,20H,11-12,14H2,1-3H3. The van der Waals surface area contributed by atoms with Gasteiger partial charge in [0.15, 0.2) is 0 Å². The fourth-order valence-electron chi connectivity index (χ4n) is 2.40. The van der Waals surface area contributed by atoms with Crippen LogP contribution in [0.1, 0.15) is 5.56 Å². The zero-order chi connectivity index (χ0) is 15.9. The van der Waals surface area contributed by atoms with Gasteiger partial charge < -0.3 is 15.1 Å². The summed E-state index contributed by atoms with van der Waals surface area (Å²) in [6.45, 7) is 2.34. The van der Waals surface area contributed by atoms with Gasteiger partial charge in [-0.15, -0.1) is 0 Å². The van der Waals surface area contributed by atoms with Crippen molar-refractivity contribution in [1.29, 1.82) is 0 Å². The van der Waals surface area contributed by atoms with Crippen molar-refractivity contribution < 1.29 is 4.39 Å². The van der Waals surface area contributed by atoms with E-state index in [1.165, 1.54) is 0 Å². The van der Waals surface area contributed by atoms with Crippen LogP contribution >= 0.6 is 0 Å². The van der Waals surface area contributed by atoms with Crippen molar-refractivity contribution in [2.45, 2.75) is 6.54 Å². The third-order valence-corrected chi connectivity index (χ3v) is 3.74. The largest absolute Gasteiger partial charge is 0.371 e. The molecule has 0 heterocycles. The summed E-state index contributed by atoms with van der Waals surface area (Å²) < 4.78 is 14.0. The zero-order valence-electron chi connectivity index (χ0n) is 13.5. The average Bonchev–Trinajstić information content (AvgIpc) is 2.55. The van der Waals surface area contributed by atoms with Gasteiger partial charge in [0.25, 0.3) is 0 Å². The molecule has 2 rings (SSSR count). The van der Waals surface area contributed by atoms with Crippen LogP contribution in [0.3, 0.4) is 0 Å². The Bertz CT molecular complexity index is 586. The summed E-state index contributed by atoms with van der Waals surface area (Å²) in [5.41, 5.74) is 2.89. The molecule has 2 aromatic carbocycles. The van der Waals surface area contributed by atoms with Gasteiger partial charge in [-0.3, -0.25) is 0 Å². The topological polar surface area (TPSA) is 18.5 Å². The Kier molecular flexibility index (Phi) is 5.78. The lowest BCUT2D eigenvalue weighted by atomic mass is 10.1. The van der Waals surface area contributed by atoms with Gasteiger partial charge in [-0.1, -0.05) is 24.3 Å². The Morgan fingerprint density at radius 2 is 1.73 bits per heavy atom. The molecular weight excluding hydrogens is 277 g/mol. The quantitative estimate of drug-likeness (QED) is 0.848. The summed E-state index contributed by atoms with van der Waals surface area (Å²) in [6, 6.07) is 15.5. The van der Waals surface area contributed by atoms with Crippen molar-refractivity contribution in [2.75, 3.05) is 44.0 Å². The predicted molar refractivity (Wildman–Crippen MR) is 92.1 cm³/mol. The molecule has 0 saturated heterocycles. The average molecular weight is 301 g/mol. The molecule has 0 saturated carbocycles. The SMILES string of the molecule is CNCCN(C)c1cc(CN(C)c2ccccc2)ccc1F. The Hall–Kier alpha value is -2.07. The number of rotatable bonds is 7. The Morgan fingerprint density at radius 3 is 2.41 bits per heavy atom. The van der Waals surface area contributed by atoms with Crippen molar-refractivity contribution in [3.63, 3.8) is 0 Å². The molecule has 0 aromatic heterocycles. The first-order valence-corrected chi connectivity index (χ1v) is 7.52. The Balaban J connectivity index is 2.12. The lowest BCUT2D eigenvalue weighted by molar-refractivity contribution is 0.619. The molecule has 0 amide bonds. The summed E-state index contributed by atoms with van der Waals surface area (Å²) in [4.78, 5) is 4.10. The number of anilines is 2. The minimum atomic E-state index is -0.176. The molecule has 1 N–H and O–H groups in total. The summed E-state index contributed by atoms with van der Waals surface area (Å²) >= 11 is 0. The van der Waals surface area contributed by atoms with E-state index in [4.69, 9.17) is 0 Å². The van der Waals surface area contributed by atoms with E-state index < -0.39 is 0 Å². The third kappa shape index (κ3) is 4.21. The van der Waals surface area contributed by atoms with E-state index in [2.05, 4.69) is 22.3 Å². The van der Waals surface area contributed by atoms with Crippen LogP contribution in [0, 0.1) is 5.82 Å². The van der Waals surface area contributed by atoms with Crippen LogP contribution < -0.4 is 15.1 Å². The molecule has 0 aliphatic rings. The second-order valence-corrected chi connectivity index (χ2v) is 5.50. The summed E-state index contributed by atoms with van der Waals surface area (Å²) in [6.07, 6.45) is 0. The maximum atomic E-state index is 14.0. The second kappa shape index (κ2) is 7.80.